The van der Waals surface area contributed by atoms with Crippen LogP contribution < -0.4 is 10.6 Å². The van der Waals surface area contributed by atoms with E-state index in [0.717, 1.165) is 24.3 Å². The van der Waals surface area contributed by atoms with Gasteiger partial charge in [0, 0.05) is 24.5 Å². The lowest BCUT2D eigenvalue weighted by Gasteiger charge is -2.30. The van der Waals surface area contributed by atoms with E-state index in [4.69, 9.17) is 5.73 Å². The number of nitrogens with two attached hydrogens (primary N) is 1. The number of aryl methyl sites for hydroxylation is 2. The molecule has 1 aromatic heterocycles. The Morgan fingerprint density at radius 2 is 2.10 bits per heavy atom. The molecule has 1 aliphatic rings. The first kappa shape index (κ1) is 13.1. The number of pyridine rings is 1. The molecule has 104 valence electrons. The molecule has 20 heavy (non-hydrogen) atoms. The van der Waals surface area contributed by atoms with E-state index in [2.05, 4.69) is 47.1 Å². The van der Waals surface area contributed by atoms with E-state index < -0.39 is 0 Å². The molecular formula is C17H21N3. The van der Waals surface area contributed by atoms with Crippen molar-refractivity contribution in [2.24, 2.45) is 5.73 Å². The maximum Gasteiger partial charge on any atom is 0.133 e. The predicted molar refractivity (Wildman–Crippen MR) is 83.3 cm³/mol. The van der Waals surface area contributed by atoms with Gasteiger partial charge in [-0.05, 0) is 55.5 Å². The average Bonchev–Trinajstić information content (AvgIpc) is 2.46. The van der Waals surface area contributed by atoms with Crippen molar-refractivity contribution in [2.45, 2.75) is 32.7 Å². The Balaban J connectivity index is 2.00. The van der Waals surface area contributed by atoms with Crippen LogP contribution in [-0.4, -0.2) is 11.5 Å². The molecule has 2 heterocycles. The van der Waals surface area contributed by atoms with Crippen molar-refractivity contribution in [3.8, 4) is 0 Å². The Morgan fingerprint density at radius 3 is 2.85 bits per heavy atom. The zero-order valence-electron chi connectivity index (χ0n) is 12.1. The van der Waals surface area contributed by atoms with Crippen LogP contribution in [0.1, 0.15) is 36.1 Å². The molecule has 0 amide bonds. The lowest BCUT2D eigenvalue weighted by atomic mass is 10.0. The summed E-state index contributed by atoms with van der Waals surface area (Å²) in [5.41, 5.74) is 11.0. The van der Waals surface area contributed by atoms with Crippen molar-refractivity contribution in [1.29, 1.82) is 0 Å². The van der Waals surface area contributed by atoms with Gasteiger partial charge in [-0.15, -0.1) is 0 Å². The van der Waals surface area contributed by atoms with Gasteiger partial charge in [-0.25, -0.2) is 4.98 Å². The summed E-state index contributed by atoms with van der Waals surface area (Å²) in [6.07, 6.45) is 4.25. The van der Waals surface area contributed by atoms with E-state index in [1.54, 1.807) is 0 Å². The molecule has 0 aliphatic carbocycles. The summed E-state index contributed by atoms with van der Waals surface area (Å²) in [6, 6.07) is 10.8. The summed E-state index contributed by atoms with van der Waals surface area (Å²) >= 11 is 0. The minimum Gasteiger partial charge on any atom is -0.326 e. The number of anilines is 2. The number of fused-ring (bicyclic) bond motifs is 1. The Morgan fingerprint density at radius 1 is 1.30 bits per heavy atom. The second-order valence-electron chi connectivity index (χ2n) is 5.57. The first-order valence-corrected chi connectivity index (χ1v) is 7.24. The molecule has 0 unspecified atom stereocenters. The van der Waals surface area contributed by atoms with Crippen LogP contribution in [0.4, 0.5) is 11.5 Å². The molecule has 0 fully saturated rings. The largest absolute Gasteiger partial charge is 0.326 e. The van der Waals surface area contributed by atoms with E-state index in [1.165, 1.54) is 23.2 Å². The Labute approximate surface area is 120 Å². The molecule has 1 aliphatic heterocycles. The van der Waals surface area contributed by atoms with Gasteiger partial charge < -0.3 is 10.6 Å². The molecular weight excluding hydrogens is 246 g/mol. The van der Waals surface area contributed by atoms with Crippen LogP contribution in [0.25, 0.3) is 0 Å². The third kappa shape index (κ3) is 2.29. The number of nitrogens with zero attached hydrogens (tertiary/aromatic N) is 2. The van der Waals surface area contributed by atoms with Gasteiger partial charge in [0.1, 0.15) is 5.82 Å². The number of aromatic nitrogens is 1. The van der Waals surface area contributed by atoms with Crippen molar-refractivity contribution in [2.75, 3.05) is 11.4 Å². The van der Waals surface area contributed by atoms with Crippen molar-refractivity contribution >= 4 is 11.5 Å². The fourth-order valence-corrected chi connectivity index (χ4v) is 2.95. The Hall–Kier alpha value is -1.87. The molecule has 0 radical (unpaired) electrons. The molecule has 2 N–H and O–H groups in total. The molecule has 1 atom stereocenters. The molecule has 1 aromatic carbocycles. The first-order valence-electron chi connectivity index (χ1n) is 7.24. The van der Waals surface area contributed by atoms with Crippen molar-refractivity contribution < 1.29 is 0 Å². The highest BCUT2D eigenvalue weighted by Gasteiger charge is 2.19. The molecule has 0 spiro atoms. The lowest BCUT2D eigenvalue weighted by Crippen LogP contribution is -2.25. The SMILES string of the molecule is Cc1cc(N2CCCc3ccccc32)ncc1[C@H](C)N. The average molecular weight is 267 g/mol. The minimum atomic E-state index is 0.0326. The van der Waals surface area contributed by atoms with Crippen LogP contribution in [0.3, 0.4) is 0 Å². The lowest BCUT2D eigenvalue weighted by molar-refractivity contribution is 0.755. The third-order valence-electron chi connectivity index (χ3n) is 4.01. The maximum atomic E-state index is 5.97. The van der Waals surface area contributed by atoms with Crippen LogP contribution in [0.15, 0.2) is 36.5 Å². The van der Waals surface area contributed by atoms with E-state index in [9.17, 15) is 0 Å². The van der Waals surface area contributed by atoms with Crippen LogP contribution >= 0.6 is 0 Å². The van der Waals surface area contributed by atoms with Gasteiger partial charge in [0.25, 0.3) is 0 Å². The zero-order valence-corrected chi connectivity index (χ0v) is 12.1. The predicted octanol–water partition coefficient (Wildman–Crippen LogP) is 3.49. The summed E-state index contributed by atoms with van der Waals surface area (Å²) in [7, 11) is 0. The summed E-state index contributed by atoms with van der Waals surface area (Å²) < 4.78 is 0. The van der Waals surface area contributed by atoms with Crippen LogP contribution in [0, 0.1) is 6.92 Å². The topological polar surface area (TPSA) is 42.2 Å². The summed E-state index contributed by atoms with van der Waals surface area (Å²) in [4.78, 5) is 6.95. The number of benzene rings is 1. The minimum absolute atomic E-state index is 0.0326. The molecule has 3 rings (SSSR count). The van der Waals surface area contributed by atoms with E-state index in [0.29, 0.717) is 0 Å². The Bertz CT molecular complexity index is 619. The molecule has 0 saturated carbocycles. The van der Waals surface area contributed by atoms with Crippen LogP contribution in [0.5, 0.6) is 0 Å². The second kappa shape index (κ2) is 5.25. The molecule has 2 aromatic rings. The zero-order chi connectivity index (χ0) is 14.1. The fourth-order valence-electron chi connectivity index (χ4n) is 2.95. The van der Waals surface area contributed by atoms with Gasteiger partial charge in [-0.1, -0.05) is 18.2 Å². The van der Waals surface area contributed by atoms with Gasteiger partial charge in [0.05, 0.1) is 0 Å². The van der Waals surface area contributed by atoms with E-state index in [1.807, 2.05) is 13.1 Å². The van der Waals surface area contributed by atoms with Crippen LogP contribution in [-0.2, 0) is 6.42 Å². The van der Waals surface area contributed by atoms with Crippen molar-refractivity contribution in [1.82, 2.24) is 4.98 Å². The first-order chi connectivity index (χ1) is 9.66. The Kier molecular flexibility index (Phi) is 3.45. The standard InChI is InChI=1S/C17H21N3/c1-12-10-17(19-11-15(12)13(2)18)20-9-5-7-14-6-3-4-8-16(14)20/h3-4,6,8,10-11,13H,5,7,9,18H2,1-2H3/t13-/m0/s1. The van der Waals surface area contributed by atoms with E-state index in [-0.39, 0.29) is 6.04 Å². The highest BCUT2D eigenvalue weighted by Crippen LogP contribution is 2.33. The van der Waals surface area contributed by atoms with Gasteiger partial charge in [-0.3, -0.25) is 0 Å². The summed E-state index contributed by atoms with van der Waals surface area (Å²) in [5.74, 6) is 1.03. The molecule has 0 bridgehead atoms. The monoisotopic (exact) mass is 267 g/mol. The van der Waals surface area contributed by atoms with E-state index >= 15 is 0 Å². The highest BCUT2D eigenvalue weighted by atomic mass is 15.2. The van der Waals surface area contributed by atoms with Gasteiger partial charge >= 0.3 is 0 Å². The quantitative estimate of drug-likeness (QED) is 0.905. The molecule has 3 heteroatoms. The fraction of sp³-hybridized carbons (Fsp3) is 0.353. The highest BCUT2D eigenvalue weighted by molar-refractivity contribution is 5.65. The van der Waals surface area contributed by atoms with Gasteiger partial charge in [-0.2, -0.15) is 0 Å². The number of hydrogen-bond donors (Lipinski definition) is 1. The summed E-state index contributed by atoms with van der Waals surface area (Å²) in [5, 5.41) is 0. The van der Waals surface area contributed by atoms with Crippen molar-refractivity contribution in [3.63, 3.8) is 0 Å². The maximum absolute atomic E-state index is 5.97. The molecule has 3 nitrogen and oxygen atoms in total. The normalized spacial score (nSPS) is 15.8. The van der Waals surface area contributed by atoms with Gasteiger partial charge in [0.15, 0.2) is 0 Å². The number of hydrogen-bond acceptors (Lipinski definition) is 3. The second-order valence-corrected chi connectivity index (χ2v) is 5.57. The summed E-state index contributed by atoms with van der Waals surface area (Å²) in [6.45, 7) is 5.14. The number of para-hydroxylation sites is 1. The van der Waals surface area contributed by atoms with Crippen molar-refractivity contribution in [3.05, 3.63) is 53.2 Å². The van der Waals surface area contributed by atoms with Gasteiger partial charge in [0.2, 0.25) is 0 Å². The number of rotatable bonds is 2. The smallest absolute Gasteiger partial charge is 0.133 e. The molecule has 0 saturated heterocycles. The van der Waals surface area contributed by atoms with Crippen LogP contribution in [0.2, 0.25) is 0 Å². The third-order valence-corrected chi connectivity index (χ3v) is 4.01.